The second-order valence-corrected chi connectivity index (χ2v) is 4.35. The summed E-state index contributed by atoms with van der Waals surface area (Å²) in [6, 6.07) is 4.68. The van der Waals surface area contributed by atoms with Crippen LogP contribution in [0.15, 0.2) is 30.6 Å². The Labute approximate surface area is 110 Å². The van der Waals surface area contributed by atoms with Crippen molar-refractivity contribution in [2.24, 2.45) is 0 Å². The van der Waals surface area contributed by atoms with Gasteiger partial charge in [-0.3, -0.25) is 0 Å². The average molecular weight is 265 g/mol. The van der Waals surface area contributed by atoms with Crippen molar-refractivity contribution in [1.29, 1.82) is 0 Å². The Morgan fingerprint density at radius 3 is 2.89 bits per heavy atom. The zero-order valence-corrected chi connectivity index (χ0v) is 10.7. The summed E-state index contributed by atoms with van der Waals surface area (Å²) in [5, 5.41) is 9.29. The number of aromatic carboxylic acids is 1. The third kappa shape index (κ3) is 2.38. The number of nitrogens with zero attached hydrogens (tertiary/aromatic N) is 2. The van der Waals surface area contributed by atoms with Crippen LogP contribution in [0.4, 0.5) is 0 Å². The summed E-state index contributed by atoms with van der Waals surface area (Å²) in [5.41, 5.74) is 0.928. The molecule has 2 rings (SSSR count). The first kappa shape index (κ1) is 12.6. The van der Waals surface area contributed by atoms with Gasteiger partial charge >= 0.3 is 5.97 Å². The predicted molar refractivity (Wildman–Crippen MR) is 69.9 cm³/mol. The highest BCUT2D eigenvalue weighted by molar-refractivity contribution is 6.33. The maximum absolute atomic E-state index is 10.8. The fourth-order valence-electron chi connectivity index (χ4n) is 1.80. The Kier molecular flexibility index (Phi) is 3.67. The van der Waals surface area contributed by atoms with Gasteiger partial charge in [0.2, 0.25) is 0 Å². The number of aryl methyl sites for hydroxylation is 1. The van der Waals surface area contributed by atoms with E-state index < -0.39 is 5.97 Å². The lowest BCUT2D eigenvalue weighted by Gasteiger charge is -2.08. The molecule has 1 aromatic heterocycles. The molecule has 1 aromatic carbocycles. The molecule has 0 aliphatic heterocycles. The first-order valence-corrected chi connectivity index (χ1v) is 6.05. The lowest BCUT2D eigenvalue weighted by molar-refractivity contribution is 0.0697. The molecule has 18 heavy (non-hydrogen) atoms. The molecule has 0 aliphatic rings. The second-order valence-electron chi connectivity index (χ2n) is 3.94. The molecule has 0 fully saturated rings. The molecule has 0 bridgehead atoms. The molecule has 2 aromatic rings. The molecule has 0 unspecified atom stereocenters. The van der Waals surface area contributed by atoms with Gasteiger partial charge < -0.3 is 9.67 Å². The number of rotatable bonds is 4. The highest BCUT2D eigenvalue weighted by Crippen LogP contribution is 2.27. The highest BCUT2D eigenvalue weighted by atomic mass is 35.5. The number of hydrogen-bond donors (Lipinski definition) is 1. The van der Waals surface area contributed by atoms with Crippen molar-refractivity contribution in [3.05, 3.63) is 41.2 Å². The molecule has 94 valence electrons. The van der Waals surface area contributed by atoms with Crippen molar-refractivity contribution < 1.29 is 9.90 Å². The number of benzene rings is 1. The standard InChI is InChI=1S/C13H13ClN2O2/c1-2-6-16-7-5-15-12(16)10-4-3-9(13(17)18)8-11(10)14/h3-5,7-8H,2,6H2,1H3,(H,17,18). The summed E-state index contributed by atoms with van der Waals surface area (Å²) in [5.74, 6) is -0.223. The van der Waals surface area contributed by atoms with E-state index in [0.717, 1.165) is 24.4 Å². The SMILES string of the molecule is CCCn1ccnc1-c1ccc(C(=O)O)cc1Cl. The molecule has 0 radical (unpaired) electrons. The van der Waals surface area contributed by atoms with Crippen molar-refractivity contribution in [1.82, 2.24) is 9.55 Å². The topological polar surface area (TPSA) is 55.1 Å². The maximum atomic E-state index is 10.8. The van der Waals surface area contributed by atoms with Crippen molar-refractivity contribution >= 4 is 17.6 Å². The molecule has 1 heterocycles. The lowest BCUT2D eigenvalue weighted by Crippen LogP contribution is -2.00. The smallest absolute Gasteiger partial charge is 0.335 e. The summed E-state index contributed by atoms with van der Waals surface area (Å²) in [7, 11) is 0. The third-order valence-electron chi connectivity index (χ3n) is 2.64. The first-order chi connectivity index (χ1) is 8.63. The summed E-state index contributed by atoms with van der Waals surface area (Å²) in [6.07, 6.45) is 4.60. The van der Waals surface area contributed by atoms with E-state index in [1.807, 2.05) is 10.8 Å². The van der Waals surface area contributed by atoms with E-state index in [1.165, 1.54) is 12.1 Å². The predicted octanol–water partition coefficient (Wildman–Crippen LogP) is 3.31. The van der Waals surface area contributed by atoms with Gasteiger partial charge in [0.05, 0.1) is 10.6 Å². The van der Waals surface area contributed by atoms with Gasteiger partial charge in [0.15, 0.2) is 0 Å². The van der Waals surface area contributed by atoms with E-state index >= 15 is 0 Å². The lowest BCUT2D eigenvalue weighted by atomic mass is 10.1. The average Bonchev–Trinajstić information content (AvgIpc) is 2.77. The molecule has 1 N–H and O–H groups in total. The largest absolute Gasteiger partial charge is 0.478 e. The summed E-state index contributed by atoms with van der Waals surface area (Å²) < 4.78 is 2.00. The Balaban J connectivity index is 2.44. The van der Waals surface area contributed by atoms with Gasteiger partial charge in [0.25, 0.3) is 0 Å². The van der Waals surface area contributed by atoms with Crippen LogP contribution in [0.25, 0.3) is 11.4 Å². The molecule has 4 nitrogen and oxygen atoms in total. The highest BCUT2D eigenvalue weighted by Gasteiger charge is 2.12. The fraction of sp³-hybridized carbons (Fsp3) is 0.231. The molecule has 0 atom stereocenters. The normalized spacial score (nSPS) is 10.6. The maximum Gasteiger partial charge on any atom is 0.335 e. The number of carboxylic acid groups (broad SMARTS) is 1. The quantitative estimate of drug-likeness (QED) is 0.922. The summed E-state index contributed by atoms with van der Waals surface area (Å²) >= 11 is 6.12. The number of halogens is 1. The number of imidazole rings is 1. The van der Waals surface area contributed by atoms with Crippen LogP contribution in [-0.4, -0.2) is 20.6 Å². The van der Waals surface area contributed by atoms with E-state index in [0.29, 0.717) is 5.02 Å². The minimum atomic E-state index is -0.986. The zero-order valence-electron chi connectivity index (χ0n) is 9.93. The molecular weight excluding hydrogens is 252 g/mol. The number of carbonyl (C=O) groups is 1. The molecule has 0 saturated carbocycles. The Morgan fingerprint density at radius 2 is 2.28 bits per heavy atom. The molecule has 0 aliphatic carbocycles. The van der Waals surface area contributed by atoms with Crippen LogP contribution in [0, 0.1) is 0 Å². The van der Waals surface area contributed by atoms with Gasteiger partial charge in [-0.05, 0) is 24.6 Å². The molecular formula is C13H13ClN2O2. The van der Waals surface area contributed by atoms with Gasteiger partial charge in [-0.25, -0.2) is 9.78 Å². The Morgan fingerprint density at radius 1 is 1.50 bits per heavy atom. The van der Waals surface area contributed by atoms with Gasteiger partial charge in [0.1, 0.15) is 5.82 Å². The monoisotopic (exact) mass is 264 g/mol. The van der Waals surface area contributed by atoms with E-state index in [2.05, 4.69) is 11.9 Å². The van der Waals surface area contributed by atoms with Crippen molar-refractivity contribution in [3.63, 3.8) is 0 Å². The summed E-state index contributed by atoms with van der Waals surface area (Å²) in [6.45, 7) is 2.94. The Bertz CT molecular complexity index is 578. The van der Waals surface area contributed by atoms with E-state index in [9.17, 15) is 4.79 Å². The van der Waals surface area contributed by atoms with Gasteiger partial charge in [0, 0.05) is 24.5 Å². The van der Waals surface area contributed by atoms with Crippen LogP contribution in [0.1, 0.15) is 23.7 Å². The second kappa shape index (κ2) is 5.23. The first-order valence-electron chi connectivity index (χ1n) is 5.68. The molecule has 0 spiro atoms. The molecule has 0 amide bonds. The minimum Gasteiger partial charge on any atom is -0.478 e. The van der Waals surface area contributed by atoms with E-state index in [-0.39, 0.29) is 5.56 Å². The zero-order chi connectivity index (χ0) is 13.1. The van der Waals surface area contributed by atoms with Gasteiger partial charge in [-0.1, -0.05) is 18.5 Å². The van der Waals surface area contributed by atoms with E-state index in [1.54, 1.807) is 12.3 Å². The number of carboxylic acids is 1. The van der Waals surface area contributed by atoms with Crippen molar-refractivity contribution in [2.75, 3.05) is 0 Å². The van der Waals surface area contributed by atoms with Crippen LogP contribution in [0.2, 0.25) is 5.02 Å². The van der Waals surface area contributed by atoms with Crippen LogP contribution in [-0.2, 0) is 6.54 Å². The minimum absolute atomic E-state index is 0.178. The third-order valence-corrected chi connectivity index (χ3v) is 2.95. The van der Waals surface area contributed by atoms with Gasteiger partial charge in [-0.2, -0.15) is 0 Å². The van der Waals surface area contributed by atoms with Crippen LogP contribution in [0.5, 0.6) is 0 Å². The van der Waals surface area contributed by atoms with Crippen LogP contribution in [0.3, 0.4) is 0 Å². The molecule has 0 saturated heterocycles. The van der Waals surface area contributed by atoms with Crippen LogP contribution < -0.4 is 0 Å². The van der Waals surface area contributed by atoms with Gasteiger partial charge in [-0.15, -0.1) is 0 Å². The summed E-state index contributed by atoms with van der Waals surface area (Å²) in [4.78, 5) is 15.1. The van der Waals surface area contributed by atoms with E-state index in [4.69, 9.17) is 16.7 Å². The fourth-order valence-corrected chi connectivity index (χ4v) is 2.07. The number of aromatic nitrogens is 2. The number of hydrogen-bond acceptors (Lipinski definition) is 2. The molecule has 5 heteroatoms. The van der Waals surface area contributed by atoms with Crippen molar-refractivity contribution in [3.8, 4) is 11.4 Å². The Hall–Kier alpha value is -1.81. The van der Waals surface area contributed by atoms with Crippen molar-refractivity contribution in [2.45, 2.75) is 19.9 Å². The van der Waals surface area contributed by atoms with Crippen LogP contribution >= 0.6 is 11.6 Å².